The van der Waals surface area contributed by atoms with Crippen molar-refractivity contribution in [3.63, 3.8) is 0 Å². The molecule has 0 fully saturated rings. The van der Waals surface area contributed by atoms with Crippen LogP contribution in [0.2, 0.25) is 0 Å². The van der Waals surface area contributed by atoms with Crippen molar-refractivity contribution >= 4 is 17.0 Å². The maximum absolute atomic E-state index is 12.0. The van der Waals surface area contributed by atoms with Gasteiger partial charge in [0.25, 0.3) is 5.56 Å². The summed E-state index contributed by atoms with van der Waals surface area (Å²) in [5.41, 5.74) is 1.34. The topological polar surface area (TPSA) is 95.7 Å². The summed E-state index contributed by atoms with van der Waals surface area (Å²) in [7, 11) is 1.64. The van der Waals surface area contributed by atoms with Crippen molar-refractivity contribution in [2.24, 2.45) is 5.92 Å². The quantitative estimate of drug-likeness (QED) is 0.672. The highest BCUT2D eigenvalue weighted by Crippen LogP contribution is 2.26. The Morgan fingerprint density at radius 2 is 1.96 bits per heavy atom. The van der Waals surface area contributed by atoms with E-state index in [2.05, 4.69) is 39.3 Å². The van der Waals surface area contributed by atoms with Gasteiger partial charge in [-0.25, -0.2) is 0 Å². The molecule has 2 aromatic heterocycles. The number of methoxy groups -OCH3 is 1. The zero-order valence-corrected chi connectivity index (χ0v) is 13.3. The Bertz CT molecular complexity index is 851. The number of aromatic nitrogens is 4. The summed E-state index contributed by atoms with van der Waals surface area (Å²) in [6.07, 6.45) is 1.47. The molecule has 3 aromatic rings. The van der Waals surface area contributed by atoms with E-state index >= 15 is 0 Å². The second-order valence-electron chi connectivity index (χ2n) is 5.69. The lowest BCUT2D eigenvalue weighted by atomic mass is 9.96. The third-order valence-corrected chi connectivity index (χ3v) is 3.75. The van der Waals surface area contributed by atoms with Gasteiger partial charge in [0.15, 0.2) is 5.65 Å². The van der Waals surface area contributed by atoms with Crippen molar-refractivity contribution in [3.05, 3.63) is 46.4 Å². The second-order valence-corrected chi connectivity index (χ2v) is 5.69. The van der Waals surface area contributed by atoms with Crippen LogP contribution in [0.5, 0.6) is 5.75 Å². The molecule has 0 amide bonds. The molecule has 0 aliphatic rings. The number of hydrogen-bond acceptors (Lipinski definition) is 5. The molecule has 0 aliphatic carbocycles. The lowest BCUT2D eigenvalue weighted by molar-refractivity contribution is 0.414. The monoisotopic (exact) mass is 313 g/mol. The molecule has 3 N–H and O–H groups in total. The van der Waals surface area contributed by atoms with Gasteiger partial charge in [0.1, 0.15) is 11.1 Å². The molecule has 3 rings (SSSR count). The van der Waals surface area contributed by atoms with Gasteiger partial charge in [-0.3, -0.25) is 14.9 Å². The van der Waals surface area contributed by atoms with Crippen LogP contribution in [-0.2, 0) is 0 Å². The van der Waals surface area contributed by atoms with Crippen LogP contribution in [0.25, 0.3) is 11.0 Å². The molecule has 7 heteroatoms. The van der Waals surface area contributed by atoms with Gasteiger partial charge in [0.2, 0.25) is 5.95 Å². The van der Waals surface area contributed by atoms with Gasteiger partial charge < -0.3 is 10.1 Å². The highest BCUT2D eigenvalue weighted by Gasteiger charge is 2.17. The van der Waals surface area contributed by atoms with E-state index < -0.39 is 0 Å². The summed E-state index contributed by atoms with van der Waals surface area (Å²) in [6, 6.07) is 7.85. The Morgan fingerprint density at radius 3 is 2.61 bits per heavy atom. The molecule has 1 atom stereocenters. The van der Waals surface area contributed by atoms with E-state index in [0.29, 0.717) is 22.9 Å². The highest BCUT2D eigenvalue weighted by atomic mass is 16.5. The van der Waals surface area contributed by atoms with Crippen molar-refractivity contribution in [1.29, 1.82) is 0 Å². The molecule has 0 saturated carbocycles. The van der Waals surface area contributed by atoms with Gasteiger partial charge in [-0.1, -0.05) is 26.0 Å². The summed E-state index contributed by atoms with van der Waals surface area (Å²) in [6.45, 7) is 4.21. The lowest BCUT2D eigenvalue weighted by Crippen LogP contribution is -2.20. The third kappa shape index (κ3) is 3.03. The first-order valence-electron chi connectivity index (χ1n) is 7.42. The average molecular weight is 313 g/mol. The van der Waals surface area contributed by atoms with Crippen LogP contribution in [0, 0.1) is 5.92 Å². The van der Waals surface area contributed by atoms with Gasteiger partial charge in [0, 0.05) is 0 Å². The molecule has 0 bridgehead atoms. The summed E-state index contributed by atoms with van der Waals surface area (Å²) in [4.78, 5) is 19.1. The second kappa shape index (κ2) is 6.12. The first kappa shape index (κ1) is 15.1. The largest absolute Gasteiger partial charge is 0.497 e. The summed E-state index contributed by atoms with van der Waals surface area (Å²) in [5.74, 6) is 1.52. The number of rotatable bonds is 5. The number of H-pyrrole nitrogens is 2. The Hall–Kier alpha value is -2.83. The lowest BCUT2D eigenvalue weighted by Gasteiger charge is -2.23. The van der Waals surface area contributed by atoms with Gasteiger partial charge in [-0.2, -0.15) is 10.1 Å². The maximum Gasteiger partial charge on any atom is 0.263 e. The first-order valence-corrected chi connectivity index (χ1v) is 7.42. The predicted octanol–water partition coefficient (Wildman–Crippen LogP) is 2.46. The fourth-order valence-electron chi connectivity index (χ4n) is 2.51. The molecule has 0 aliphatic heterocycles. The number of fused-ring (bicyclic) bond motifs is 1. The summed E-state index contributed by atoms with van der Waals surface area (Å²) >= 11 is 0. The first-order chi connectivity index (χ1) is 11.1. The zero-order valence-electron chi connectivity index (χ0n) is 13.3. The number of aromatic amines is 2. The number of nitrogens with zero attached hydrogens (tertiary/aromatic N) is 2. The Labute approximate surface area is 133 Å². The maximum atomic E-state index is 12.0. The SMILES string of the molecule is COc1ccc(C(Nc2nc3[nH]ncc3c(=O)[nH]2)C(C)C)cc1. The molecule has 23 heavy (non-hydrogen) atoms. The normalized spacial score (nSPS) is 12.5. The van der Waals surface area contributed by atoms with Crippen LogP contribution < -0.4 is 15.6 Å². The minimum atomic E-state index is -0.219. The molecule has 0 saturated heterocycles. The Morgan fingerprint density at radius 1 is 1.22 bits per heavy atom. The van der Waals surface area contributed by atoms with Crippen LogP contribution in [0.15, 0.2) is 35.3 Å². The minimum Gasteiger partial charge on any atom is -0.497 e. The molecule has 7 nitrogen and oxygen atoms in total. The van der Waals surface area contributed by atoms with Gasteiger partial charge in [0.05, 0.1) is 19.3 Å². The van der Waals surface area contributed by atoms with Crippen molar-refractivity contribution < 1.29 is 4.74 Å². The van der Waals surface area contributed by atoms with E-state index in [1.807, 2.05) is 24.3 Å². The fraction of sp³-hybridized carbons (Fsp3) is 0.312. The molecule has 0 spiro atoms. The van der Waals surface area contributed by atoms with E-state index in [4.69, 9.17) is 4.74 Å². The Balaban J connectivity index is 1.92. The molecule has 120 valence electrons. The van der Waals surface area contributed by atoms with Crippen LogP contribution >= 0.6 is 0 Å². The molecule has 1 aromatic carbocycles. The minimum absolute atomic E-state index is 0.00410. The van der Waals surface area contributed by atoms with Gasteiger partial charge in [-0.05, 0) is 23.6 Å². The van der Waals surface area contributed by atoms with Crippen molar-refractivity contribution in [2.45, 2.75) is 19.9 Å². The summed E-state index contributed by atoms with van der Waals surface area (Å²) in [5, 5.41) is 10.3. The third-order valence-electron chi connectivity index (χ3n) is 3.75. The number of hydrogen-bond donors (Lipinski definition) is 3. The van der Waals surface area contributed by atoms with Gasteiger partial charge in [-0.15, -0.1) is 0 Å². The number of benzene rings is 1. The number of anilines is 1. The predicted molar refractivity (Wildman–Crippen MR) is 88.7 cm³/mol. The summed E-state index contributed by atoms with van der Waals surface area (Å²) < 4.78 is 5.19. The van der Waals surface area contributed by atoms with Crippen molar-refractivity contribution in [1.82, 2.24) is 20.2 Å². The van der Waals surface area contributed by atoms with E-state index in [0.717, 1.165) is 11.3 Å². The fourth-order valence-corrected chi connectivity index (χ4v) is 2.51. The van der Waals surface area contributed by atoms with Gasteiger partial charge >= 0.3 is 0 Å². The van der Waals surface area contributed by atoms with Crippen LogP contribution in [0.4, 0.5) is 5.95 Å². The average Bonchev–Trinajstić information content (AvgIpc) is 3.01. The smallest absolute Gasteiger partial charge is 0.263 e. The van der Waals surface area contributed by atoms with E-state index in [1.165, 1.54) is 6.20 Å². The van der Waals surface area contributed by atoms with Crippen molar-refractivity contribution in [3.8, 4) is 5.75 Å². The molecule has 0 radical (unpaired) electrons. The Kier molecular flexibility index (Phi) is 4.01. The van der Waals surface area contributed by atoms with E-state index in [1.54, 1.807) is 7.11 Å². The molecular formula is C16H19N5O2. The number of ether oxygens (including phenoxy) is 1. The molecular weight excluding hydrogens is 294 g/mol. The zero-order chi connectivity index (χ0) is 16.4. The molecule has 2 heterocycles. The van der Waals surface area contributed by atoms with E-state index in [9.17, 15) is 4.79 Å². The van der Waals surface area contributed by atoms with Crippen LogP contribution in [0.3, 0.4) is 0 Å². The standard InChI is InChI=1S/C16H19N5O2/c1-9(2)13(10-4-6-11(23-3)7-5-10)18-16-19-14-12(8-17-21-14)15(22)20-16/h4-9,13H,1-3H3,(H3,17,18,19,20,21,22). The van der Waals surface area contributed by atoms with Crippen molar-refractivity contribution in [2.75, 3.05) is 12.4 Å². The highest BCUT2D eigenvalue weighted by molar-refractivity contribution is 5.73. The van der Waals surface area contributed by atoms with Crippen LogP contribution in [-0.4, -0.2) is 27.3 Å². The van der Waals surface area contributed by atoms with E-state index in [-0.39, 0.29) is 11.6 Å². The van der Waals surface area contributed by atoms with Crippen LogP contribution in [0.1, 0.15) is 25.5 Å². The number of nitrogens with one attached hydrogen (secondary N) is 3. The molecule has 1 unspecified atom stereocenters.